The average molecular weight is 329 g/mol. The second kappa shape index (κ2) is 8.86. The lowest BCUT2D eigenvalue weighted by atomic mass is 9.83. The van der Waals surface area contributed by atoms with E-state index in [1.165, 1.54) is 11.9 Å². The monoisotopic (exact) mass is 329 g/mol. The molecule has 0 aromatic carbocycles. The van der Waals surface area contributed by atoms with Crippen LogP contribution in [0.3, 0.4) is 0 Å². The van der Waals surface area contributed by atoms with Crippen LogP contribution in [0.4, 0.5) is 0 Å². The number of hydrogen-bond acceptors (Lipinski definition) is 4. The van der Waals surface area contributed by atoms with Crippen LogP contribution in [-0.2, 0) is 14.4 Å². The summed E-state index contributed by atoms with van der Waals surface area (Å²) in [6, 6.07) is -0.646. The van der Waals surface area contributed by atoms with Gasteiger partial charge in [0.2, 0.25) is 17.7 Å². The van der Waals surface area contributed by atoms with Crippen LogP contribution < -0.4 is 10.8 Å². The lowest BCUT2D eigenvalue weighted by Crippen LogP contribution is -2.55. The van der Waals surface area contributed by atoms with Crippen molar-refractivity contribution in [1.82, 2.24) is 15.7 Å². The van der Waals surface area contributed by atoms with Gasteiger partial charge in [0.05, 0.1) is 0 Å². The number of nitrogens with zero attached hydrogens (tertiary/aromatic N) is 1. The van der Waals surface area contributed by atoms with Gasteiger partial charge in [-0.15, -0.1) is 0 Å². The predicted octanol–water partition coefficient (Wildman–Crippen LogP) is 1.16. The number of likely N-dealkylation sites (N-methyl/N-ethyl adjacent to an activating group) is 2. The number of hydroxylamine groups is 1. The molecule has 0 bridgehead atoms. The molecule has 0 aromatic heterocycles. The highest BCUT2D eigenvalue weighted by Crippen LogP contribution is 2.27. The fourth-order valence-corrected chi connectivity index (χ4v) is 2.81. The summed E-state index contributed by atoms with van der Waals surface area (Å²) in [5.74, 6) is -1.50. The molecule has 7 nitrogen and oxygen atoms in total. The van der Waals surface area contributed by atoms with E-state index in [9.17, 15) is 14.4 Å². The van der Waals surface area contributed by atoms with Gasteiger partial charge in [0, 0.05) is 26.4 Å². The first kappa shape index (κ1) is 21.4. The van der Waals surface area contributed by atoms with E-state index >= 15 is 0 Å². The third kappa shape index (κ3) is 6.56. The van der Waals surface area contributed by atoms with Crippen LogP contribution >= 0.6 is 0 Å². The number of nitrogens with one attached hydrogen (secondary N) is 2. The molecule has 0 saturated carbocycles. The minimum Gasteiger partial charge on any atom is -0.357 e. The maximum Gasteiger partial charge on any atom is 0.244 e. The molecule has 2 atom stereocenters. The van der Waals surface area contributed by atoms with Crippen molar-refractivity contribution >= 4 is 17.7 Å². The van der Waals surface area contributed by atoms with E-state index < -0.39 is 23.3 Å². The largest absolute Gasteiger partial charge is 0.357 e. The summed E-state index contributed by atoms with van der Waals surface area (Å²) in [5.41, 5.74) is 1.11. The summed E-state index contributed by atoms with van der Waals surface area (Å²) in [5, 5.41) is 11.3. The second-order valence-corrected chi connectivity index (χ2v) is 7.40. The van der Waals surface area contributed by atoms with Crippen LogP contribution in [0.2, 0.25) is 0 Å². The SMILES string of the molecule is CNC(=O)C(N(C)C(=O)[C@H](CC(=O)NO)CC(C)C)C(C)(C)C. The first-order valence-electron chi connectivity index (χ1n) is 7.86. The van der Waals surface area contributed by atoms with Crippen LogP contribution in [0.15, 0.2) is 0 Å². The van der Waals surface area contributed by atoms with Gasteiger partial charge >= 0.3 is 0 Å². The van der Waals surface area contributed by atoms with Gasteiger partial charge in [-0.1, -0.05) is 34.6 Å². The Bertz CT molecular complexity index is 430. The van der Waals surface area contributed by atoms with E-state index in [1.54, 1.807) is 12.5 Å². The lowest BCUT2D eigenvalue weighted by molar-refractivity contribution is -0.148. The highest BCUT2D eigenvalue weighted by molar-refractivity contribution is 5.90. The fourth-order valence-electron chi connectivity index (χ4n) is 2.81. The van der Waals surface area contributed by atoms with E-state index in [0.717, 1.165) is 0 Å². The summed E-state index contributed by atoms with van der Waals surface area (Å²) in [7, 11) is 3.11. The van der Waals surface area contributed by atoms with Crippen molar-refractivity contribution in [3.63, 3.8) is 0 Å². The summed E-state index contributed by atoms with van der Waals surface area (Å²) < 4.78 is 0. The van der Waals surface area contributed by atoms with Crippen molar-refractivity contribution in [2.24, 2.45) is 17.3 Å². The molecule has 23 heavy (non-hydrogen) atoms. The Balaban J connectivity index is 5.43. The molecule has 0 spiro atoms. The number of amides is 3. The van der Waals surface area contributed by atoms with Crippen molar-refractivity contribution in [1.29, 1.82) is 0 Å². The Hall–Kier alpha value is -1.63. The highest BCUT2D eigenvalue weighted by atomic mass is 16.5. The Labute approximate surface area is 138 Å². The van der Waals surface area contributed by atoms with E-state index in [-0.39, 0.29) is 24.2 Å². The maximum atomic E-state index is 12.8. The fraction of sp³-hybridized carbons (Fsp3) is 0.812. The van der Waals surface area contributed by atoms with Gasteiger partial charge in [-0.25, -0.2) is 5.48 Å². The summed E-state index contributed by atoms with van der Waals surface area (Å²) >= 11 is 0. The quantitative estimate of drug-likeness (QED) is 0.482. The number of carbonyl (C=O) groups excluding carboxylic acids is 3. The van der Waals surface area contributed by atoms with Crippen LogP contribution in [0, 0.1) is 17.3 Å². The first-order valence-corrected chi connectivity index (χ1v) is 7.86. The molecule has 134 valence electrons. The van der Waals surface area contributed by atoms with Crippen molar-refractivity contribution in [3.05, 3.63) is 0 Å². The zero-order valence-electron chi connectivity index (χ0n) is 15.3. The molecule has 0 fully saturated rings. The minimum absolute atomic E-state index is 0.109. The topological polar surface area (TPSA) is 98.7 Å². The molecule has 0 aromatic rings. The van der Waals surface area contributed by atoms with Crippen LogP contribution in [0.5, 0.6) is 0 Å². The van der Waals surface area contributed by atoms with Gasteiger partial charge < -0.3 is 10.2 Å². The van der Waals surface area contributed by atoms with Crippen molar-refractivity contribution in [3.8, 4) is 0 Å². The number of rotatable bonds is 7. The van der Waals surface area contributed by atoms with Crippen molar-refractivity contribution in [2.45, 2.75) is 53.5 Å². The molecule has 0 rings (SSSR count). The normalized spacial score (nSPS) is 14.1. The molecule has 7 heteroatoms. The molecule has 0 heterocycles. The van der Waals surface area contributed by atoms with Crippen LogP contribution in [0.25, 0.3) is 0 Å². The van der Waals surface area contributed by atoms with Gasteiger partial charge in [-0.3, -0.25) is 19.6 Å². The van der Waals surface area contributed by atoms with Crippen LogP contribution in [0.1, 0.15) is 47.5 Å². The smallest absolute Gasteiger partial charge is 0.244 e. The molecule has 0 saturated heterocycles. The first-order chi connectivity index (χ1) is 10.4. The van der Waals surface area contributed by atoms with Gasteiger partial charge in [0.25, 0.3) is 0 Å². The Morgan fingerprint density at radius 3 is 2.04 bits per heavy atom. The van der Waals surface area contributed by atoms with Crippen molar-refractivity contribution < 1.29 is 19.6 Å². The summed E-state index contributed by atoms with van der Waals surface area (Å²) in [4.78, 5) is 37.9. The van der Waals surface area contributed by atoms with Crippen molar-refractivity contribution in [2.75, 3.05) is 14.1 Å². The van der Waals surface area contributed by atoms with Gasteiger partial charge in [-0.05, 0) is 17.8 Å². The molecule has 1 unspecified atom stereocenters. The van der Waals surface area contributed by atoms with Gasteiger partial charge in [0.1, 0.15) is 6.04 Å². The second-order valence-electron chi connectivity index (χ2n) is 7.40. The van der Waals surface area contributed by atoms with E-state index in [0.29, 0.717) is 6.42 Å². The molecular weight excluding hydrogens is 298 g/mol. The third-order valence-corrected chi connectivity index (χ3v) is 3.71. The molecule has 3 amide bonds. The van der Waals surface area contributed by atoms with E-state index in [1.807, 2.05) is 34.6 Å². The minimum atomic E-state index is -0.646. The highest BCUT2D eigenvalue weighted by Gasteiger charge is 2.39. The molecule has 0 aliphatic rings. The molecule has 0 radical (unpaired) electrons. The Kier molecular flexibility index (Phi) is 8.23. The number of hydrogen-bond donors (Lipinski definition) is 3. The molecule has 3 N–H and O–H groups in total. The lowest BCUT2D eigenvalue weighted by Gasteiger charge is -2.38. The third-order valence-electron chi connectivity index (χ3n) is 3.71. The molecule has 0 aliphatic heterocycles. The standard InChI is InChI=1S/C16H31N3O4/c1-10(2)8-11(9-12(20)18-23)15(22)19(7)13(14(21)17-6)16(3,4)5/h10-11,13,23H,8-9H2,1-7H3,(H,17,21)(H,18,20)/t11-,13?/m0/s1. The zero-order valence-corrected chi connectivity index (χ0v) is 15.3. The van der Waals surface area contributed by atoms with E-state index in [2.05, 4.69) is 5.32 Å². The summed E-state index contributed by atoms with van der Waals surface area (Å²) in [6.45, 7) is 9.56. The van der Waals surface area contributed by atoms with Gasteiger partial charge in [-0.2, -0.15) is 0 Å². The molecule has 0 aliphatic carbocycles. The van der Waals surface area contributed by atoms with Crippen LogP contribution in [-0.4, -0.2) is 48.0 Å². The predicted molar refractivity (Wildman–Crippen MR) is 87.6 cm³/mol. The van der Waals surface area contributed by atoms with E-state index in [4.69, 9.17) is 5.21 Å². The average Bonchev–Trinajstić information content (AvgIpc) is 2.43. The summed E-state index contributed by atoms with van der Waals surface area (Å²) in [6.07, 6.45) is 0.393. The maximum absolute atomic E-state index is 12.8. The Morgan fingerprint density at radius 2 is 1.70 bits per heavy atom. The Morgan fingerprint density at radius 1 is 1.17 bits per heavy atom. The van der Waals surface area contributed by atoms with Gasteiger partial charge in [0.15, 0.2) is 0 Å². The zero-order chi connectivity index (χ0) is 18.4. The molecular formula is C16H31N3O4. The number of carbonyl (C=O) groups is 3.